The molecule has 1 aliphatic heterocycles. The lowest BCUT2D eigenvalue weighted by atomic mass is 10.0. The Labute approximate surface area is 304 Å². The lowest BCUT2D eigenvalue weighted by Gasteiger charge is -2.27. The molecule has 2 rings (SSSR count). The highest BCUT2D eigenvalue weighted by Gasteiger charge is 2.32. The van der Waals surface area contributed by atoms with Gasteiger partial charge in [0, 0.05) is 43.8 Å². The van der Waals surface area contributed by atoms with E-state index in [0.29, 0.717) is 37.3 Å². The molecule has 16 heteroatoms. The number of urea groups is 1. The van der Waals surface area contributed by atoms with Crippen LogP contribution >= 0.6 is 0 Å². The quantitative estimate of drug-likeness (QED) is 0.0640. The molecule has 1 aromatic carbocycles. The zero-order chi connectivity index (χ0) is 38.8. The second-order valence-corrected chi connectivity index (χ2v) is 13.5. The number of aliphatic carboxylic acids is 1. The number of rotatable bonds is 23. The monoisotopic (exact) mass is 727 g/mol. The molecule has 0 aromatic heterocycles. The summed E-state index contributed by atoms with van der Waals surface area (Å²) in [7, 11) is 0. The Morgan fingerprint density at radius 2 is 1.38 bits per heavy atom. The van der Waals surface area contributed by atoms with Gasteiger partial charge in [-0.25, -0.2) is 4.79 Å². The first-order valence-electron chi connectivity index (χ1n) is 17.7. The van der Waals surface area contributed by atoms with Gasteiger partial charge in [-0.3, -0.25) is 38.5 Å². The first kappa shape index (κ1) is 42.9. The number of nitrogens with two attached hydrogens (primary N) is 1. The summed E-state index contributed by atoms with van der Waals surface area (Å²) in [5.74, 6) is -4.44. The Bertz CT molecular complexity index is 1440. The van der Waals surface area contributed by atoms with Crippen molar-refractivity contribution in [1.82, 2.24) is 26.2 Å². The van der Waals surface area contributed by atoms with Crippen LogP contribution in [0.25, 0.3) is 0 Å². The fourth-order valence-electron chi connectivity index (χ4n) is 5.45. The summed E-state index contributed by atoms with van der Waals surface area (Å²) < 4.78 is 0. The van der Waals surface area contributed by atoms with Crippen LogP contribution in [0.1, 0.15) is 84.6 Å². The lowest BCUT2D eigenvalue weighted by molar-refractivity contribution is -0.139. The number of nitrogens with zero attached hydrogens (tertiary/aromatic N) is 1. The molecule has 1 aliphatic rings. The maximum atomic E-state index is 13.6. The van der Waals surface area contributed by atoms with E-state index in [4.69, 9.17) is 5.73 Å². The van der Waals surface area contributed by atoms with Gasteiger partial charge in [0.25, 0.3) is 11.8 Å². The number of carbonyl (C=O) groups is 8. The van der Waals surface area contributed by atoms with Gasteiger partial charge in [0.15, 0.2) is 0 Å². The molecule has 16 nitrogen and oxygen atoms in total. The third-order valence-corrected chi connectivity index (χ3v) is 8.20. The van der Waals surface area contributed by atoms with E-state index < -0.39 is 66.1 Å². The highest BCUT2D eigenvalue weighted by atomic mass is 16.4. The van der Waals surface area contributed by atoms with Gasteiger partial charge in [-0.15, -0.1) is 0 Å². The molecular weight excluding hydrogens is 674 g/mol. The number of anilines is 1. The number of hydrogen-bond donors (Lipinski definition) is 7. The van der Waals surface area contributed by atoms with E-state index in [1.165, 1.54) is 12.2 Å². The molecule has 0 fully saturated rings. The third-order valence-electron chi connectivity index (χ3n) is 8.20. The average Bonchev–Trinajstić information content (AvgIpc) is 3.39. The minimum Gasteiger partial charge on any atom is -0.481 e. The SMILES string of the molecule is CC(C)Cc1ccc(NC(=O)[C@H](CCCNC(N)=O)NC(=O)[C@@H](NC(=O)[C@H](CCC(=O)O)NC(=O)CCCCCN2C(=O)C=CC2=O)C(C)C)cc1. The predicted octanol–water partition coefficient (Wildman–Crippen LogP) is 1.73. The molecule has 3 atom stereocenters. The summed E-state index contributed by atoms with van der Waals surface area (Å²) >= 11 is 0. The van der Waals surface area contributed by atoms with Crippen molar-refractivity contribution in [3.05, 3.63) is 42.0 Å². The van der Waals surface area contributed by atoms with Gasteiger partial charge in [-0.1, -0.05) is 46.2 Å². The number of imide groups is 1. The van der Waals surface area contributed by atoms with Crippen LogP contribution in [0.2, 0.25) is 0 Å². The van der Waals surface area contributed by atoms with Gasteiger partial charge in [0.1, 0.15) is 18.1 Å². The summed E-state index contributed by atoms with van der Waals surface area (Å²) in [6.45, 7) is 7.94. The lowest BCUT2D eigenvalue weighted by Crippen LogP contribution is -2.57. The first-order chi connectivity index (χ1) is 24.6. The number of hydrogen-bond acceptors (Lipinski definition) is 8. The van der Waals surface area contributed by atoms with E-state index in [2.05, 4.69) is 40.4 Å². The smallest absolute Gasteiger partial charge is 0.312 e. The Morgan fingerprint density at radius 3 is 1.96 bits per heavy atom. The van der Waals surface area contributed by atoms with Crippen molar-refractivity contribution in [3.63, 3.8) is 0 Å². The van der Waals surface area contributed by atoms with E-state index >= 15 is 0 Å². The zero-order valence-electron chi connectivity index (χ0n) is 30.4. The molecule has 0 aliphatic carbocycles. The minimum absolute atomic E-state index is 0.00689. The van der Waals surface area contributed by atoms with E-state index in [1.807, 2.05) is 12.1 Å². The van der Waals surface area contributed by atoms with Crippen molar-refractivity contribution in [3.8, 4) is 0 Å². The summed E-state index contributed by atoms with van der Waals surface area (Å²) in [5, 5.41) is 22.4. The average molecular weight is 728 g/mol. The normalized spacial score (nSPS) is 14.2. The topological polar surface area (TPSA) is 246 Å². The van der Waals surface area contributed by atoms with Gasteiger partial charge in [-0.2, -0.15) is 0 Å². The zero-order valence-corrected chi connectivity index (χ0v) is 30.4. The first-order valence-corrected chi connectivity index (χ1v) is 17.7. The molecule has 0 unspecified atom stereocenters. The molecule has 0 spiro atoms. The van der Waals surface area contributed by atoms with Crippen molar-refractivity contribution in [2.45, 2.75) is 104 Å². The van der Waals surface area contributed by atoms with Gasteiger partial charge in [-0.05, 0) is 68.1 Å². The highest BCUT2D eigenvalue weighted by molar-refractivity contribution is 6.12. The summed E-state index contributed by atoms with van der Waals surface area (Å²) in [4.78, 5) is 100. The van der Waals surface area contributed by atoms with Gasteiger partial charge >= 0.3 is 12.0 Å². The number of nitrogens with one attached hydrogen (secondary N) is 5. The van der Waals surface area contributed by atoms with E-state index in [0.717, 1.165) is 16.9 Å². The maximum Gasteiger partial charge on any atom is 0.312 e. The van der Waals surface area contributed by atoms with Crippen molar-refractivity contribution in [2.75, 3.05) is 18.4 Å². The molecule has 286 valence electrons. The minimum atomic E-state index is -1.26. The fourth-order valence-corrected chi connectivity index (χ4v) is 5.45. The molecule has 52 heavy (non-hydrogen) atoms. The molecular formula is C36H53N7O9. The van der Waals surface area contributed by atoms with Crippen LogP contribution in [-0.2, 0) is 40.0 Å². The Kier molecular flexibility index (Phi) is 18.0. The number of carboxylic acid groups (broad SMARTS) is 1. The standard InChI is InChI=1S/C36H53N7O9/c1-22(2)21-24-11-13-25(14-12-24)39-33(49)26(9-8-19-38-36(37)52)41-35(51)32(23(3)4)42-34(50)27(15-18-31(47)48)40-28(44)10-6-5-7-20-43-29(45)16-17-30(43)46/h11-14,16-17,22-23,26-27,32H,5-10,15,18-21H2,1-4H3,(H,39,49)(H,40,44)(H,41,51)(H,42,50)(H,47,48)(H3,37,38,52)/t26-,27-,32-/m0/s1. The Hall–Kier alpha value is -5.28. The van der Waals surface area contributed by atoms with Crippen molar-refractivity contribution in [2.24, 2.45) is 17.6 Å². The van der Waals surface area contributed by atoms with Gasteiger partial charge in [0.2, 0.25) is 23.6 Å². The van der Waals surface area contributed by atoms with E-state index in [1.54, 1.807) is 26.0 Å². The fraction of sp³-hybridized carbons (Fsp3) is 0.556. The molecule has 0 radical (unpaired) electrons. The van der Waals surface area contributed by atoms with Crippen LogP contribution in [-0.4, -0.2) is 88.7 Å². The van der Waals surface area contributed by atoms with Crippen LogP contribution in [0.4, 0.5) is 10.5 Å². The van der Waals surface area contributed by atoms with Crippen LogP contribution in [0.5, 0.6) is 0 Å². The predicted molar refractivity (Wildman–Crippen MR) is 192 cm³/mol. The van der Waals surface area contributed by atoms with Crippen LogP contribution < -0.4 is 32.3 Å². The van der Waals surface area contributed by atoms with E-state index in [9.17, 15) is 43.5 Å². The summed E-state index contributed by atoms with van der Waals surface area (Å²) in [5.41, 5.74) is 6.77. The summed E-state index contributed by atoms with van der Waals surface area (Å²) in [6, 6.07) is 3.14. The number of unbranched alkanes of at least 4 members (excludes halogenated alkanes) is 2. The third kappa shape index (κ3) is 15.7. The second kappa shape index (κ2) is 21.8. The van der Waals surface area contributed by atoms with Gasteiger partial charge in [0.05, 0.1) is 0 Å². The molecule has 0 saturated carbocycles. The van der Waals surface area contributed by atoms with Crippen LogP contribution in [0.3, 0.4) is 0 Å². The molecule has 0 saturated heterocycles. The molecule has 0 bridgehead atoms. The van der Waals surface area contributed by atoms with Crippen LogP contribution in [0.15, 0.2) is 36.4 Å². The Morgan fingerprint density at radius 1 is 0.750 bits per heavy atom. The highest BCUT2D eigenvalue weighted by Crippen LogP contribution is 2.15. The molecule has 8 amide bonds. The Balaban J connectivity index is 2.06. The van der Waals surface area contributed by atoms with Gasteiger partial charge < -0.3 is 37.4 Å². The second-order valence-electron chi connectivity index (χ2n) is 13.5. The number of primary amides is 1. The van der Waals surface area contributed by atoms with E-state index in [-0.39, 0.29) is 44.2 Å². The molecule has 1 aromatic rings. The largest absolute Gasteiger partial charge is 0.481 e. The van der Waals surface area contributed by atoms with Crippen molar-refractivity contribution >= 4 is 53.1 Å². The number of benzene rings is 1. The number of carboxylic acids is 1. The number of amides is 8. The maximum absolute atomic E-state index is 13.6. The summed E-state index contributed by atoms with van der Waals surface area (Å²) in [6.07, 6.45) is 4.41. The van der Waals surface area contributed by atoms with Crippen molar-refractivity contribution < 1.29 is 43.5 Å². The van der Waals surface area contributed by atoms with Crippen molar-refractivity contribution in [1.29, 1.82) is 0 Å². The van der Waals surface area contributed by atoms with Crippen LogP contribution in [0, 0.1) is 11.8 Å². The molecule has 8 N–H and O–H groups in total. The number of carbonyl (C=O) groups excluding carboxylic acids is 7. The molecule has 1 heterocycles.